The molecule has 3 N–H and O–H groups in total. The second-order valence-corrected chi connectivity index (χ2v) is 4.33. The minimum atomic E-state index is -0.432. The molecule has 0 aliphatic carbocycles. The molecule has 1 heterocycles. The molecule has 1 aromatic carbocycles. The van der Waals surface area contributed by atoms with Gasteiger partial charge in [-0.25, -0.2) is 14.1 Å². The van der Waals surface area contributed by atoms with E-state index in [0.29, 0.717) is 10.2 Å². The molecule has 0 aliphatic rings. The molecule has 0 spiro atoms. The molecule has 0 saturated carbocycles. The Bertz CT molecular complexity index is 585. The molecule has 0 bridgehead atoms. The summed E-state index contributed by atoms with van der Waals surface area (Å²) in [6.45, 7) is -0.0485. The van der Waals surface area contributed by atoms with Gasteiger partial charge in [-0.15, -0.1) is 5.10 Å². The molecule has 0 aliphatic heterocycles. The zero-order valence-electron chi connectivity index (χ0n) is 9.10. The monoisotopic (exact) mass is 313 g/mol. The van der Waals surface area contributed by atoms with Crippen molar-refractivity contribution >= 4 is 33.5 Å². The van der Waals surface area contributed by atoms with Crippen LogP contribution in [0.15, 0.2) is 29.0 Å². The van der Waals surface area contributed by atoms with Crippen LogP contribution in [0.5, 0.6) is 0 Å². The molecule has 0 unspecified atom stereocenters. The van der Waals surface area contributed by atoms with Crippen LogP contribution >= 0.6 is 15.9 Å². The van der Waals surface area contributed by atoms with Crippen molar-refractivity contribution in [3.05, 3.63) is 34.8 Å². The van der Waals surface area contributed by atoms with Crippen molar-refractivity contribution < 1.29 is 9.18 Å². The van der Waals surface area contributed by atoms with Gasteiger partial charge in [0.1, 0.15) is 18.7 Å². The predicted octanol–water partition coefficient (Wildman–Crippen LogP) is 1.40. The topological polar surface area (TPSA) is 85.8 Å². The molecule has 2 rings (SSSR count). The van der Waals surface area contributed by atoms with Gasteiger partial charge in [0.2, 0.25) is 11.9 Å². The zero-order chi connectivity index (χ0) is 13.1. The molecule has 2 aromatic rings. The minimum Gasteiger partial charge on any atom is -0.367 e. The first-order chi connectivity index (χ1) is 8.54. The van der Waals surface area contributed by atoms with E-state index in [4.69, 9.17) is 5.73 Å². The summed E-state index contributed by atoms with van der Waals surface area (Å²) in [5.74, 6) is -0.695. The molecule has 0 saturated heterocycles. The van der Waals surface area contributed by atoms with Gasteiger partial charge in [0.05, 0.1) is 5.69 Å². The first-order valence-electron chi connectivity index (χ1n) is 4.94. The van der Waals surface area contributed by atoms with Crippen LogP contribution in [0.2, 0.25) is 0 Å². The van der Waals surface area contributed by atoms with E-state index in [1.165, 1.54) is 29.2 Å². The van der Waals surface area contributed by atoms with Gasteiger partial charge in [0.25, 0.3) is 0 Å². The van der Waals surface area contributed by atoms with Crippen molar-refractivity contribution in [1.29, 1.82) is 0 Å². The number of aromatic nitrogens is 3. The van der Waals surface area contributed by atoms with Crippen LogP contribution in [0, 0.1) is 5.82 Å². The summed E-state index contributed by atoms with van der Waals surface area (Å²) in [6.07, 6.45) is 1.34. The van der Waals surface area contributed by atoms with Crippen LogP contribution in [0.1, 0.15) is 0 Å². The number of carbonyl (C=O) groups excluding carboxylic acids is 1. The molecule has 1 amide bonds. The summed E-state index contributed by atoms with van der Waals surface area (Å²) in [5.41, 5.74) is 5.67. The normalized spacial score (nSPS) is 10.3. The molecular formula is C10H9BrFN5O. The van der Waals surface area contributed by atoms with Crippen LogP contribution in [0.25, 0.3) is 0 Å². The highest BCUT2D eigenvalue weighted by molar-refractivity contribution is 9.10. The third-order valence-electron chi connectivity index (χ3n) is 2.06. The highest BCUT2D eigenvalue weighted by Gasteiger charge is 2.08. The van der Waals surface area contributed by atoms with Crippen LogP contribution in [-0.4, -0.2) is 20.7 Å². The quantitative estimate of drug-likeness (QED) is 0.897. The molecule has 18 heavy (non-hydrogen) atoms. The Morgan fingerprint density at radius 3 is 3.00 bits per heavy atom. The van der Waals surface area contributed by atoms with Crippen LogP contribution in [0.3, 0.4) is 0 Å². The molecule has 0 atom stereocenters. The lowest BCUT2D eigenvalue weighted by molar-refractivity contribution is -0.116. The standard InChI is InChI=1S/C10H9BrFN5O/c11-7-2-1-6(12)3-8(7)15-9(18)4-17-5-14-10(13)16-17/h1-3,5H,4H2,(H2,13,16)(H,15,18). The number of anilines is 2. The van der Waals surface area contributed by atoms with E-state index in [-0.39, 0.29) is 18.4 Å². The largest absolute Gasteiger partial charge is 0.367 e. The van der Waals surface area contributed by atoms with Gasteiger partial charge in [-0.3, -0.25) is 4.79 Å². The van der Waals surface area contributed by atoms with Gasteiger partial charge in [0, 0.05) is 4.47 Å². The number of nitrogen functional groups attached to an aromatic ring is 1. The summed E-state index contributed by atoms with van der Waals surface area (Å²) < 4.78 is 14.9. The third-order valence-corrected chi connectivity index (χ3v) is 2.75. The summed E-state index contributed by atoms with van der Waals surface area (Å²) in [5, 5.41) is 6.32. The van der Waals surface area contributed by atoms with Gasteiger partial charge in [-0.1, -0.05) is 0 Å². The van der Waals surface area contributed by atoms with Gasteiger partial charge in [-0.2, -0.15) is 0 Å². The number of nitrogens with one attached hydrogen (secondary N) is 1. The summed E-state index contributed by atoms with van der Waals surface area (Å²) >= 11 is 3.21. The number of carbonyl (C=O) groups is 1. The number of hydrogen-bond acceptors (Lipinski definition) is 4. The molecule has 94 valence electrons. The summed E-state index contributed by atoms with van der Waals surface area (Å²) in [6, 6.07) is 4.02. The van der Waals surface area contributed by atoms with E-state index in [0.717, 1.165) is 0 Å². The second-order valence-electron chi connectivity index (χ2n) is 3.47. The van der Waals surface area contributed by atoms with Crippen LogP contribution in [0.4, 0.5) is 16.0 Å². The van der Waals surface area contributed by atoms with Crippen molar-refractivity contribution in [2.45, 2.75) is 6.54 Å². The molecule has 1 aromatic heterocycles. The lowest BCUT2D eigenvalue weighted by Crippen LogP contribution is -2.19. The number of nitrogens with zero attached hydrogens (tertiary/aromatic N) is 3. The van der Waals surface area contributed by atoms with Gasteiger partial charge >= 0.3 is 0 Å². The lowest BCUT2D eigenvalue weighted by Gasteiger charge is -2.07. The lowest BCUT2D eigenvalue weighted by atomic mass is 10.3. The van der Waals surface area contributed by atoms with Crippen molar-refractivity contribution in [2.24, 2.45) is 0 Å². The van der Waals surface area contributed by atoms with E-state index in [1.807, 2.05) is 0 Å². The van der Waals surface area contributed by atoms with Crippen molar-refractivity contribution in [1.82, 2.24) is 14.8 Å². The fourth-order valence-corrected chi connectivity index (χ4v) is 1.66. The maximum Gasteiger partial charge on any atom is 0.246 e. The third kappa shape index (κ3) is 3.04. The first kappa shape index (κ1) is 12.5. The van der Waals surface area contributed by atoms with E-state index >= 15 is 0 Å². The van der Waals surface area contributed by atoms with Crippen molar-refractivity contribution in [2.75, 3.05) is 11.1 Å². The zero-order valence-corrected chi connectivity index (χ0v) is 10.7. The van der Waals surface area contributed by atoms with Crippen molar-refractivity contribution in [3.63, 3.8) is 0 Å². The molecule has 6 nitrogen and oxygen atoms in total. The average Bonchev–Trinajstić information content (AvgIpc) is 2.69. The van der Waals surface area contributed by atoms with Crippen LogP contribution < -0.4 is 11.1 Å². The number of rotatable bonds is 3. The number of benzene rings is 1. The minimum absolute atomic E-state index is 0.0485. The molecule has 0 radical (unpaired) electrons. The van der Waals surface area contributed by atoms with Gasteiger partial charge in [0.15, 0.2) is 0 Å². The maximum absolute atomic E-state index is 13.0. The first-order valence-corrected chi connectivity index (χ1v) is 5.74. The van der Waals surface area contributed by atoms with E-state index in [2.05, 4.69) is 31.3 Å². The van der Waals surface area contributed by atoms with E-state index < -0.39 is 5.82 Å². The molecule has 8 heteroatoms. The Morgan fingerprint density at radius 1 is 1.56 bits per heavy atom. The Labute approximate surface area is 110 Å². The second kappa shape index (κ2) is 5.13. The Balaban J connectivity index is 2.05. The maximum atomic E-state index is 13.0. The van der Waals surface area contributed by atoms with E-state index in [9.17, 15) is 9.18 Å². The highest BCUT2D eigenvalue weighted by atomic mass is 79.9. The smallest absolute Gasteiger partial charge is 0.246 e. The van der Waals surface area contributed by atoms with Gasteiger partial charge in [-0.05, 0) is 34.1 Å². The number of hydrogen-bond donors (Lipinski definition) is 2. The van der Waals surface area contributed by atoms with Gasteiger partial charge < -0.3 is 11.1 Å². The summed E-state index contributed by atoms with van der Waals surface area (Å²) in [7, 11) is 0. The fourth-order valence-electron chi connectivity index (χ4n) is 1.32. The van der Waals surface area contributed by atoms with E-state index in [1.54, 1.807) is 0 Å². The number of nitrogens with two attached hydrogens (primary N) is 1. The number of halogens is 2. The SMILES string of the molecule is Nc1ncn(CC(=O)Nc2cc(F)ccc2Br)n1. The highest BCUT2D eigenvalue weighted by Crippen LogP contribution is 2.22. The van der Waals surface area contributed by atoms with Crippen molar-refractivity contribution in [3.8, 4) is 0 Å². The summed E-state index contributed by atoms with van der Waals surface area (Å²) in [4.78, 5) is 15.4. The van der Waals surface area contributed by atoms with Crippen LogP contribution in [-0.2, 0) is 11.3 Å². The number of amides is 1. The Kier molecular flexibility index (Phi) is 3.56. The fraction of sp³-hybridized carbons (Fsp3) is 0.100. The predicted molar refractivity (Wildman–Crippen MR) is 67.2 cm³/mol. The Hall–Kier alpha value is -1.96. The Morgan fingerprint density at radius 2 is 2.33 bits per heavy atom. The average molecular weight is 314 g/mol. The molecule has 0 fully saturated rings. The molecular weight excluding hydrogens is 305 g/mol.